The van der Waals surface area contributed by atoms with Gasteiger partial charge in [0.2, 0.25) is 0 Å². The van der Waals surface area contributed by atoms with Crippen LogP contribution in [0.1, 0.15) is 28.8 Å². The number of nitrogens with zero attached hydrogens (tertiary/aromatic N) is 3. The minimum absolute atomic E-state index is 0.0380. The number of amides is 1. The fourth-order valence-electron chi connectivity index (χ4n) is 2.97. The molecule has 6 nitrogen and oxygen atoms in total. The summed E-state index contributed by atoms with van der Waals surface area (Å²) in [6.45, 7) is 2.94. The molecule has 0 radical (unpaired) electrons. The summed E-state index contributed by atoms with van der Waals surface area (Å²) in [7, 11) is 0. The van der Waals surface area contributed by atoms with Crippen molar-refractivity contribution in [3.63, 3.8) is 0 Å². The molecule has 1 N–H and O–H groups in total. The van der Waals surface area contributed by atoms with Gasteiger partial charge in [-0.1, -0.05) is 0 Å². The van der Waals surface area contributed by atoms with Gasteiger partial charge in [-0.15, -0.1) is 0 Å². The summed E-state index contributed by atoms with van der Waals surface area (Å²) < 4.78 is 1.77. The molecule has 6 heteroatoms. The van der Waals surface area contributed by atoms with E-state index >= 15 is 0 Å². The number of aliphatic carboxylic acids is 1. The summed E-state index contributed by atoms with van der Waals surface area (Å²) in [5, 5.41) is 13.2. The molecule has 1 aliphatic rings. The minimum Gasteiger partial charge on any atom is -0.481 e. The molecule has 1 aromatic carbocycles. The van der Waals surface area contributed by atoms with E-state index in [1.807, 2.05) is 31.3 Å². The molecule has 3 rings (SSSR count). The van der Waals surface area contributed by atoms with Crippen LogP contribution in [-0.4, -0.2) is 44.8 Å². The van der Waals surface area contributed by atoms with Gasteiger partial charge < -0.3 is 10.0 Å². The highest BCUT2D eigenvalue weighted by Gasteiger charge is 2.27. The number of likely N-dealkylation sites (tertiary alicyclic amines) is 1. The number of rotatable bonds is 3. The molecule has 0 aliphatic carbocycles. The number of carboxylic acid groups (broad SMARTS) is 1. The first-order valence-corrected chi connectivity index (χ1v) is 7.69. The normalized spacial score (nSPS) is 15.6. The molecule has 1 aromatic heterocycles. The van der Waals surface area contributed by atoms with Gasteiger partial charge in [-0.05, 0) is 49.6 Å². The van der Waals surface area contributed by atoms with E-state index in [4.69, 9.17) is 5.11 Å². The van der Waals surface area contributed by atoms with Crippen LogP contribution in [-0.2, 0) is 4.79 Å². The Kier molecular flexibility index (Phi) is 4.14. The molecule has 1 amide bonds. The van der Waals surface area contributed by atoms with Crippen molar-refractivity contribution < 1.29 is 14.7 Å². The number of carbonyl (C=O) groups is 2. The van der Waals surface area contributed by atoms with E-state index in [1.165, 1.54) is 0 Å². The molecule has 0 bridgehead atoms. The number of carbonyl (C=O) groups excluding carboxylic acids is 1. The Balaban J connectivity index is 1.74. The van der Waals surface area contributed by atoms with E-state index in [0.29, 0.717) is 31.5 Å². The van der Waals surface area contributed by atoms with Crippen molar-refractivity contribution in [1.82, 2.24) is 14.7 Å². The predicted molar refractivity (Wildman–Crippen MR) is 84.6 cm³/mol. The summed E-state index contributed by atoms with van der Waals surface area (Å²) in [5.74, 6) is -1.14. The van der Waals surface area contributed by atoms with E-state index in [0.717, 1.165) is 11.3 Å². The van der Waals surface area contributed by atoms with Gasteiger partial charge in [0.15, 0.2) is 0 Å². The van der Waals surface area contributed by atoms with Crippen molar-refractivity contribution in [2.24, 2.45) is 5.92 Å². The van der Waals surface area contributed by atoms with Crippen molar-refractivity contribution in [2.75, 3.05) is 13.1 Å². The number of aromatic nitrogens is 2. The third-order valence-corrected chi connectivity index (χ3v) is 4.33. The SMILES string of the molecule is Cc1cc(C(=O)N2CCC(C(=O)O)CC2)ccc1-n1cccn1. The van der Waals surface area contributed by atoms with Crippen molar-refractivity contribution in [2.45, 2.75) is 19.8 Å². The van der Waals surface area contributed by atoms with Crippen LogP contribution in [0.2, 0.25) is 0 Å². The Morgan fingerprint density at radius 1 is 1.26 bits per heavy atom. The zero-order valence-corrected chi connectivity index (χ0v) is 13.0. The number of hydrogen-bond acceptors (Lipinski definition) is 3. The lowest BCUT2D eigenvalue weighted by atomic mass is 9.96. The van der Waals surface area contributed by atoms with Crippen LogP contribution in [0, 0.1) is 12.8 Å². The van der Waals surface area contributed by atoms with Gasteiger partial charge in [-0.2, -0.15) is 5.10 Å². The lowest BCUT2D eigenvalue weighted by Crippen LogP contribution is -2.40. The smallest absolute Gasteiger partial charge is 0.306 e. The van der Waals surface area contributed by atoms with Crippen LogP contribution in [0.5, 0.6) is 0 Å². The molecule has 1 saturated heterocycles. The topological polar surface area (TPSA) is 75.4 Å². The first-order chi connectivity index (χ1) is 11.1. The first kappa shape index (κ1) is 15.3. The lowest BCUT2D eigenvalue weighted by molar-refractivity contribution is -0.143. The third kappa shape index (κ3) is 3.11. The maximum absolute atomic E-state index is 12.6. The maximum atomic E-state index is 12.6. The second-order valence-corrected chi connectivity index (χ2v) is 5.86. The molecular formula is C17H19N3O3. The molecule has 0 unspecified atom stereocenters. The first-order valence-electron chi connectivity index (χ1n) is 7.69. The van der Waals surface area contributed by atoms with Gasteiger partial charge in [0.1, 0.15) is 0 Å². The Hall–Kier alpha value is -2.63. The number of aryl methyl sites for hydroxylation is 1. The van der Waals surface area contributed by atoms with Crippen molar-refractivity contribution >= 4 is 11.9 Å². The second kappa shape index (κ2) is 6.24. The summed E-state index contributed by atoms with van der Waals surface area (Å²) in [5.41, 5.74) is 2.54. The van der Waals surface area contributed by atoms with Crippen LogP contribution >= 0.6 is 0 Å². The number of carboxylic acids is 1. The number of piperidine rings is 1. The zero-order valence-electron chi connectivity index (χ0n) is 13.0. The Labute approximate surface area is 134 Å². The Bertz CT molecular complexity index is 717. The van der Waals surface area contributed by atoms with Gasteiger partial charge >= 0.3 is 5.97 Å². The fourth-order valence-corrected chi connectivity index (χ4v) is 2.97. The van der Waals surface area contributed by atoms with Crippen LogP contribution in [0.25, 0.3) is 5.69 Å². The molecule has 120 valence electrons. The molecule has 0 atom stereocenters. The molecule has 23 heavy (non-hydrogen) atoms. The van der Waals surface area contributed by atoms with Crippen LogP contribution < -0.4 is 0 Å². The summed E-state index contributed by atoms with van der Waals surface area (Å²) in [6.07, 6.45) is 4.61. The average Bonchev–Trinajstić information content (AvgIpc) is 3.08. The van der Waals surface area contributed by atoms with Gasteiger partial charge in [0, 0.05) is 31.0 Å². The fraction of sp³-hybridized carbons (Fsp3) is 0.353. The number of benzene rings is 1. The Morgan fingerprint density at radius 2 is 2.00 bits per heavy atom. The summed E-state index contributed by atoms with van der Waals surface area (Å²) >= 11 is 0. The van der Waals surface area contributed by atoms with Gasteiger partial charge in [-0.25, -0.2) is 4.68 Å². The van der Waals surface area contributed by atoms with Crippen molar-refractivity contribution in [3.05, 3.63) is 47.8 Å². The quantitative estimate of drug-likeness (QED) is 0.942. The van der Waals surface area contributed by atoms with E-state index in [2.05, 4.69) is 5.10 Å². The lowest BCUT2D eigenvalue weighted by Gasteiger charge is -2.30. The average molecular weight is 313 g/mol. The van der Waals surface area contributed by atoms with Crippen molar-refractivity contribution in [1.29, 1.82) is 0 Å². The van der Waals surface area contributed by atoms with Crippen LogP contribution in [0.3, 0.4) is 0 Å². The Morgan fingerprint density at radius 3 is 2.57 bits per heavy atom. The summed E-state index contributed by atoms with van der Waals surface area (Å²) in [6, 6.07) is 7.41. The summed E-state index contributed by atoms with van der Waals surface area (Å²) in [4.78, 5) is 25.3. The largest absolute Gasteiger partial charge is 0.481 e. The van der Waals surface area contributed by atoms with E-state index in [1.54, 1.807) is 21.8 Å². The van der Waals surface area contributed by atoms with E-state index in [-0.39, 0.29) is 11.8 Å². The molecule has 0 spiro atoms. The molecule has 2 aromatic rings. The molecular weight excluding hydrogens is 294 g/mol. The highest BCUT2D eigenvalue weighted by molar-refractivity contribution is 5.94. The molecule has 2 heterocycles. The number of hydrogen-bond donors (Lipinski definition) is 1. The highest BCUT2D eigenvalue weighted by Crippen LogP contribution is 2.21. The predicted octanol–water partition coefficient (Wildman–Crippen LogP) is 2.12. The highest BCUT2D eigenvalue weighted by atomic mass is 16.4. The van der Waals surface area contributed by atoms with Gasteiger partial charge in [0.25, 0.3) is 5.91 Å². The van der Waals surface area contributed by atoms with E-state index < -0.39 is 5.97 Å². The second-order valence-electron chi connectivity index (χ2n) is 5.86. The van der Waals surface area contributed by atoms with Crippen LogP contribution in [0.4, 0.5) is 0 Å². The van der Waals surface area contributed by atoms with Gasteiger partial charge in [-0.3, -0.25) is 9.59 Å². The zero-order chi connectivity index (χ0) is 16.4. The third-order valence-electron chi connectivity index (χ3n) is 4.33. The molecule has 0 saturated carbocycles. The monoisotopic (exact) mass is 313 g/mol. The standard InChI is InChI=1S/C17H19N3O3/c1-12-11-14(3-4-15(12)20-8-2-7-18-20)16(21)19-9-5-13(6-10-19)17(22)23/h2-4,7-8,11,13H,5-6,9-10H2,1H3,(H,22,23). The maximum Gasteiger partial charge on any atom is 0.306 e. The molecule has 1 aliphatic heterocycles. The van der Waals surface area contributed by atoms with Crippen molar-refractivity contribution in [3.8, 4) is 5.69 Å². The van der Waals surface area contributed by atoms with E-state index in [9.17, 15) is 9.59 Å². The van der Waals surface area contributed by atoms with Gasteiger partial charge in [0.05, 0.1) is 11.6 Å². The molecule has 1 fully saturated rings. The van der Waals surface area contributed by atoms with Crippen LogP contribution in [0.15, 0.2) is 36.7 Å². The minimum atomic E-state index is -0.767.